The van der Waals surface area contributed by atoms with Crippen LogP contribution in [0.15, 0.2) is 18.2 Å². The average molecular weight is 349 g/mol. The predicted octanol–water partition coefficient (Wildman–Crippen LogP) is 4.77. The standard InChI is InChI=1S/C12H11ClF6N2O/c1-21(5-4-11(14,15)16)10(22)20-9-3-2-7(13)6-8(9)12(17,18)19/h2-3,6H,4-5H2,1H3,(H,20,22). The molecule has 10 heteroatoms. The minimum absolute atomic E-state index is 0.184. The fourth-order valence-corrected chi connectivity index (χ4v) is 1.64. The third-order valence-electron chi connectivity index (χ3n) is 2.61. The van der Waals surface area contributed by atoms with Crippen molar-refractivity contribution in [2.24, 2.45) is 0 Å². The smallest absolute Gasteiger partial charge is 0.327 e. The fraction of sp³-hybridized carbons (Fsp3) is 0.417. The molecule has 124 valence electrons. The lowest BCUT2D eigenvalue weighted by Crippen LogP contribution is -2.34. The first-order valence-electron chi connectivity index (χ1n) is 5.86. The summed E-state index contributed by atoms with van der Waals surface area (Å²) in [5.74, 6) is 0. The second-order valence-corrected chi connectivity index (χ2v) is 4.84. The van der Waals surface area contributed by atoms with Crippen LogP contribution in [0.5, 0.6) is 0 Å². The number of rotatable bonds is 3. The highest BCUT2D eigenvalue weighted by molar-refractivity contribution is 6.30. The van der Waals surface area contributed by atoms with E-state index in [1.165, 1.54) is 0 Å². The quantitative estimate of drug-likeness (QED) is 0.784. The van der Waals surface area contributed by atoms with Crippen LogP contribution in [0.1, 0.15) is 12.0 Å². The predicted molar refractivity (Wildman–Crippen MR) is 68.8 cm³/mol. The van der Waals surface area contributed by atoms with Gasteiger partial charge in [0.1, 0.15) is 0 Å². The van der Waals surface area contributed by atoms with Crippen LogP contribution in [0, 0.1) is 0 Å². The molecule has 1 aromatic rings. The van der Waals surface area contributed by atoms with Crippen molar-refractivity contribution in [1.29, 1.82) is 0 Å². The van der Waals surface area contributed by atoms with E-state index in [4.69, 9.17) is 11.6 Å². The number of amides is 2. The molecule has 0 aliphatic rings. The molecule has 0 bridgehead atoms. The van der Waals surface area contributed by atoms with Crippen LogP contribution in [-0.4, -0.2) is 30.7 Å². The highest BCUT2D eigenvalue weighted by Crippen LogP contribution is 2.36. The molecule has 0 unspecified atom stereocenters. The summed E-state index contributed by atoms with van der Waals surface area (Å²) in [5, 5.41) is 1.74. The third kappa shape index (κ3) is 5.63. The average Bonchev–Trinajstić information content (AvgIpc) is 2.35. The molecule has 1 aromatic carbocycles. The van der Waals surface area contributed by atoms with E-state index in [1.807, 2.05) is 5.32 Å². The Balaban J connectivity index is 2.84. The van der Waals surface area contributed by atoms with Crippen molar-refractivity contribution >= 4 is 23.3 Å². The number of anilines is 1. The van der Waals surface area contributed by atoms with Crippen molar-refractivity contribution in [2.45, 2.75) is 18.8 Å². The first-order valence-corrected chi connectivity index (χ1v) is 6.23. The van der Waals surface area contributed by atoms with Crippen LogP contribution in [0.2, 0.25) is 5.02 Å². The maximum atomic E-state index is 12.8. The van der Waals surface area contributed by atoms with Crippen molar-refractivity contribution in [2.75, 3.05) is 18.9 Å². The molecule has 2 amide bonds. The van der Waals surface area contributed by atoms with Crippen LogP contribution in [0.3, 0.4) is 0 Å². The molecule has 0 heterocycles. The Morgan fingerprint density at radius 1 is 1.23 bits per heavy atom. The van der Waals surface area contributed by atoms with Gasteiger partial charge < -0.3 is 10.2 Å². The van der Waals surface area contributed by atoms with Gasteiger partial charge in [0.2, 0.25) is 0 Å². The highest BCUT2D eigenvalue weighted by Gasteiger charge is 2.34. The van der Waals surface area contributed by atoms with Crippen LogP contribution in [0.4, 0.5) is 36.8 Å². The summed E-state index contributed by atoms with van der Waals surface area (Å²) in [6.45, 7) is -0.676. The molecule has 1 N–H and O–H groups in total. The van der Waals surface area contributed by atoms with Crippen molar-refractivity contribution in [3.8, 4) is 0 Å². The summed E-state index contributed by atoms with van der Waals surface area (Å²) in [7, 11) is 1.05. The molecule has 3 nitrogen and oxygen atoms in total. The van der Waals surface area contributed by atoms with Gasteiger partial charge in [-0.15, -0.1) is 0 Å². The first kappa shape index (κ1) is 18.4. The molecule has 0 fully saturated rings. The van der Waals surface area contributed by atoms with Crippen LogP contribution >= 0.6 is 11.6 Å². The normalized spacial score (nSPS) is 12.2. The number of halogens is 7. The number of carbonyl (C=O) groups excluding carboxylic acids is 1. The third-order valence-corrected chi connectivity index (χ3v) is 2.84. The van der Waals surface area contributed by atoms with Gasteiger partial charge in [-0.2, -0.15) is 26.3 Å². The number of nitrogens with one attached hydrogen (secondary N) is 1. The van der Waals surface area contributed by atoms with Gasteiger partial charge >= 0.3 is 18.4 Å². The molecule has 0 aliphatic heterocycles. The molecule has 0 saturated carbocycles. The van der Waals surface area contributed by atoms with Crippen LogP contribution in [-0.2, 0) is 6.18 Å². The lowest BCUT2D eigenvalue weighted by molar-refractivity contribution is -0.137. The van der Waals surface area contributed by atoms with Crippen molar-refractivity contribution in [3.05, 3.63) is 28.8 Å². The summed E-state index contributed by atoms with van der Waals surface area (Å²) in [6, 6.07) is 1.59. The zero-order valence-electron chi connectivity index (χ0n) is 11.1. The van der Waals surface area contributed by atoms with E-state index in [2.05, 4.69) is 0 Å². The number of benzene rings is 1. The van der Waals surface area contributed by atoms with Gasteiger partial charge in [-0.3, -0.25) is 0 Å². The Kier molecular flexibility index (Phi) is 5.55. The van der Waals surface area contributed by atoms with Crippen molar-refractivity contribution in [3.63, 3.8) is 0 Å². The van der Waals surface area contributed by atoms with Gasteiger partial charge in [-0.05, 0) is 18.2 Å². The van der Waals surface area contributed by atoms with Gasteiger partial charge in [0, 0.05) is 18.6 Å². The van der Waals surface area contributed by atoms with E-state index < -0.39 is 42.6 Å². The molecular formula is C12H11ClF6N2O. The van der Waals surface area contributed by atoms with Gasteiger partial charge in [0.05, 0.1) is 17.7 Å². The fourth-order valence-electron chi connectivity index (χ4n) is 1.47. The number of alkyl halides is 6. The Labute approximate surface area is 126 Å². The Bertz CT molecular complexity index is 543. The number of urea groups is 1. The van der Waals surface area contributed by atoms with E-state index in [9.17, 15) is 31.1 Å². The molecule has 0 aliphatic carbocycles. The zero-order chi connectivity index (χ0) is 17.1. The molecule has 22 heavy (non-hydrogen) atoms. The minimum atomic E-state index is -4.77. The Hall–Kier alpha value is -1.64. The second-order valence-electron chi connectivity index (χ2n) is 4.40. The van der Waals surface area contributed by atoms with Gasteiger partial charge in [-0.25, -0.2) is 4.79 Å². The number of nitrogens with zero attached hydrogens (tertiary/aromatic N) is 1. The Morgan fingerprint density at radius 2 is 1.82 bits per heavy atom. The van der Waals surface area contributed by atoms with E-state index in [1.54, 1.807) is 0 Å². The highest BCUT2D eigenvalue weighted by atomic mass is 35.5. The van der Waals surface area contributed by atoms with Crippen molar-refractivity contribution in [1.82, 2.24) is 4.90 Å². The first-order chi connectivity index (χ1) is 9.90. The molecule has 1 rings (SSSR count). The number of hydrogen-bond acceptors (Lipinski definition) is 1. The summed E-state index contributed by atoms with van der Waals surface area (Å²) in [6.07, 6.45) is -10.5. The van der Waals surface area contributed by atoms with Gasteiger partial charge in [0.25, 0.3) is 0 Å². The minimum Gasteiger partial charge on any atom is -0.327 e. The largest absolute Gasteiger partial charge is 0.418 e. The van der Waals surface area contributed by atoms with E-state index >= 15 is 0 Å². The lowest BCUT2D eigenvalue weighted by Gasteiger charge is -2.20. The summed E-state index contributed by atoms with van der Waals surface area (Å²) in [4.78, 5) is 12.3. The maximum absolute atomic E-state index is 12.8. The topological polar surface area (TPSA) is 32.3 Å². The van der Waals surface area contributed by atoms with Gasteiger partial charge in [0.15, 0.2) is 0 Å². The molecule has 0 radical (unpaired) electrons. The monoisotopic (exact) mass is 348 g/mol. The zero-order valence-corrected chi connectivity index (χ0v) is 11.9. The molecule has 0 aromatic heterocycles. The van der Waals surface area contributed by atoms with Crippen LogP contribution < -0.4 is 5.32 Å². The van der Waals surface area contributed by atoms with Gasteiger partial charge in [-0.1, -0.05) is 11.6 Å². The maximum Gasteiger partial charge on any atom is 0.418 e. The molecule has 0 spiro atoms. The Morgan fingerprint density at radius 3 is 2.32 bits per heavy atom. The lowest BCUT2D eigenvalue weighted by atomic mass is 10.1. The molecule has 0 saturated heterocycles. The summed E-state index contributed by atoms with van der Waals surface area (Å²) in [5.41, 5.74) is -1.77. The number of carbonyl (C=O) groups is 1. The van der Waals surface area contributed by atoms with E-state index in [0.717, 1.165) is 19.2 Å². The molecular weight excluding hydrogens is 338 g/mol. The second kappa shape index (κ2) is 6.64. The summed E-state index contributed by atoms with van der Waals surface area (Å²) >= 11 is 5.47. The number of hydrogen-bond donors (Lipinski definition) is 1. The van der Waals surface area contributed by atoms with E-state index in [0.29, 0.717) is 11.0 Å². The molecule has 0 atom stereocenters. The van der Waals surface area contributed by atoms with Crippen molar-refractivity contribution < 1.29 is 31.1 Å². The summed E-state index contributed by atoms with van der Waals surface area (Å²) < 4.78 is 74.6. The SMILES string of the molecule is CN(CCC(F)(F)F)C(=O)Nc1ccc(Cl)cc1C(F)(F)F. The van der Waals surface area contributed by atoms with Crippen LogP contribution in [0.25, 0.3) is 0 Å². The van der Waals surface area contributed by atoms with E-state index in [-0.39, 0.29) is 5.02 Å².